The molecule has 1 aromatic carbocycles. The van der Waals surface area contributed by atoms with Gasteiger partial charge in [0.25, 0.3) is 0 Å². The van der Waals surface area contributed by atoms with Crippen molar-refractivity contribution in [1.29, 1.82) is 0 Å². The molecule has 1 unspecified atom stereocenters. The summed E-state index contributed by atoms with van der Waals surface area (Å²) in [5.74, 6) is 0. The summed E-state index contributed by atoms with van der Waals surface area (Å²) in [7, 11) is 0. The highest BCUT2D eigenvalue weighted by Gasteiger charge is 2.38. The van der Waals surface area contributed by atoms with E-state index in [2.05, 4.69) is 5.32 Å². The van der Waals surface area contributed by atoms with Crippen LogP contribution < -0.4 is 5.32 Å². The van der Waals surface area contributed by atoms with Gasteiger partial charge in [-0.05, 0) is 31.4 Å². The van der Waals surface area contributed by atoms with E-state index in [1.165, 1.54) is 0 Å². The highest BCUT2D eigenvalue weighted by molar-refractivity contribution is 5.14. The molecule has 0 amide bonds. The van der Waals surface area contributed by atoms with E-state index in [4.69, 9.17) is 0 Å². The number of benzene rings is 1. The molecule has 0 bridgehead atoms. The van der Waals surface area contributed by atoms with E-state index in [1.54, 1.807) is 0 Å². The van der Waals surface area contributed by atoms with Crippen LogP contribution >= 0.6 is 0 Å². The zero-order valence-corrected chi connectivity index (χ0v) is 9.93. The van der Waals surface area contributed by atoms with Gasteiger partial charge >= 0.3 is 6.18 Å². The van der Waals surface area contributed by atoms with Gasteiger partial charge in [0.05, 0.1) is 0 Å². The molecule has 96 valence electrons. The van der Waals surface area contributed by atoms with Gasteiger partial charge in [-0.3, -0.25) is 0 Å². The number of alkyl halides is 3. The van der Waals surface area contributed by atoms with Gasteiger partial charge in [0, 0.05) is 0 Å². The molecule has 17 heavy (non-hydrogen) atoms. The third kappa shape index (κ3) is 5.22. The lowest BCUT2D eigenvalue weighted by molar-refractivity contribution is -0.157. The van der Waals surface area contributed by atoms with Crippen molar-refractivity contribution in [2.24, 2.45) is 0 Å². The van der Waals surface area contributed by atoms with Crippen molar-refractivity contribution in [3.05, 3.63) is 35.9 Å². The van der Waals surface area contributed by atoms with Crippen LogP contribution in [0.3, 0.4) is 0 Å². The quantitative estimate of drug-likeness (QED) is 0.808. The summed E-state index contributed by atoms with van der Waals surface area (Å²) in [6, 6.07) is 7.86. The smallest absolute Gasteiger partial charge is 0.306 e. The zero-order valence-electron chi connectivity index (χ0n) is 9.93. The van der Waals surface area contributed by atoms with Gasteiger partial charge in [-0.25, -0.2) is 0 Å². The molecule has 0 aliphatic carbocycles. The lowest BCUT2D eigenvalue weighted by Crippen LogP contribution is -2.42. The normalized spacial score (nSPS) is 13.6. The Kier molecular flexibility index (Phi) is 5.48. The van der Waals surface area contributed by atoms with E-state index < -0.39 is 12.2 Å². The molecule has 0 saturated heterocycles. The Hall–Kier alpha value is -1.03. The second-order valence-electron chi connectivity index (χ2n) is 4.07. The van der Waals surface area contributed by atoms with Crippen molar-refractivity contribution in [3.63, 3.8) is 0 Å². The van der Waals surface area contributed by atoms with Gasteiger partial charge in [0.2, 0.25) is 0 Å². The summed E-state index contributed by atoms with van der Waals surface area (Å²) in [6.07, 6.45) is -2.92. The Morgan fingerprint density at radius 2 is 1.82 bits per heavy atom. The van der Waals surface area contributed by atoms with Crippen molar-refractivity contribution in [3.8, 4) is 0 Å². The fourth-order valence-corrected chi connectivity index (χ4v) is 1.66. The summed E-state index contributed by atoms with van der Waals surface area (Å²) in [6.45, 7) is 2.26. The van der Waals surface area contributed by atoms with Gasteiger partial charge in [-0.15, -0.1) is 0 Å². The first-order valence-electron chi connectivity index (χ1n) is 5.88. The summed E-state index contributed by atoms with van der Waals surface area (Å²) in [4.78, 5) is 0. The van der Waals surface area contributed by atoms with Crippen LogP contribution in [0.4, 0.5) is 13.2 Å². The maximum atomic E-state index is 12.7. The monoisotopic (exact) mass is 245 g/mol. The van der Waals surface area contributed by atoms with Crippen LogP contribution in [-0.4, -0.2) is 18.8 Å². The lowest BCUT2D eigenvalue weighted by atomic mass is 10.0. The molecule has 1 N–H and O–H groups in total. The fraction of sp³-hybridized carbons (Fsp3) is 0.538. The molecule has 1 nitrogen and oxygen atoms in total. The first-order valence-corrected chi connectivity index (χ1v) is 5.88. The van der Waals surface area contributed by atoms with Crippen LogP contribution in [-0.2, 0) is 6.42 Å². The number of rotatable bonds is 6. The molecule has 4 heteroatoms. The standard InChI is InChI=1S/C13H18F3N/c1-2-10-17-12(13(14,15)16)9-8-11-6-4-3-5-7-11/h3-7,12,17H,2,8-10H2,1H3. The average Bonchev–Trinajstić information content (AvgIpc) is 2.29. The van der Waals surface area contributed by atoms with Crippen LogP contribution in [0.25, 0.3) is 0 Å². The van der Waals surface area contributed by atoms with Crippen LogP contribution in [0.15, 0.2) is 30.3 Å². The van der Waals surface area contributed by atoms with Gasteiger partial charge < -0.3 is 5.32 Å². The number of halogens is 3. The van der Waals surface area contributed by atoms with Crippen LogP contribution in [0.5, 0.6) is 0 Å². The van der Waals surface area contributed by atoms with E-state index in [0.717, 1.165) is 5.56 Å². The average molecular weight is 245 g/mol. The van der Waals surface area contributed by atoms with Crippen molar-refractivity contribution in [2.45, 2.75) is 38.4 Å². The van der Waals surface area contributed by atoms with E-state index in [1.807, 2.05) is 37.3 Å². The van der Waals surface area contributed by atoms with Crippen LogP contribution in [0.2, 0.25) is 0 Å². The maximum Gasteiger partial charge on any atom is 0.403 e. The summed E-state index contributed by atoms with van der Waals surface area (Å²) < 4.78 is 38.1. The SMILES string of the molecule is CCCNC(CCc1ccccc1)C(F)(F)F. The first-order chi connectivity index (χ1) is 8.04. The second kappa shape index (κ2) is 6.64. The Labute approximate surface area is 100 Å². The van der Waals surface area contributed by atoms with E-state index in [9.17, 15) is 13.2 Å². The second-order valence-corrected chi connectivity index (χ2v) is 4.07. The lowest BCUT2D eigenvalue weighted by Gasteiger charge is -2.21. The van der Waals surface area contributed by atoms with Gasteiger partial charge in [-0.1, -0.05) is 37.3 Å². The highest BCUT2D eigenvalue weighted by Crippen LogP contribution is 2.23. The third-order valence-electron chi connectivity index (χ3n) is 2.60. The maximum absolute atomic E-state index is 12.7. The molecule has 0 aliphatic heterocycles. The molecule has 0 heterocycles. The number of hydrogen-bond acceptors (Lipinski definition) is 1. The van der Waals surface area contributed by atoms with Gasteiger partial charge in [-0.2, -0.15) is 13.2 Å². The Balaban J connectivity index is 2.49. The number of hydrogen-bond donors (Lipinski definition) is 1. The predicted molar refractivity (Wildman–Crippen MR) is 62.9 cm³/mol. The van der Waals surface area contributed by atoms with E-state index in [0.29, 0.717) is 19.4 Å². The Morgan fingerprint density at radius 3 is 2.35 bits per heavy atom. The fourth-order valence-electron chi connectivity index (χ4n) is 1.66. The zero-order chi connectivity index (χ0) is 12.7. The van der Waals surface area contributed by atoms with Gasteiger partial charge in [0.15, 0.2) is 0 Å². The molecule has 0 radical (unpaired) electrons. The molecular weight excluding hydrogens is 227 g/mol. The minimum Gasteiger partial charge on any atom is -0.306 e. The Morgan fingerprint density at radius 1 is 1.18 bits per heavy atom. The van der Waals surface area contributed by atoms with E-state index in [-0.39, 0.29) is 6.42 Å². The number of aryl methyl sites for hydroxylation is 1. The molecule has 1 aromatic rings. The van der Waals surface area contributed by atoms with Crippen LogP contribution in [0, 0.1) is 0 Å². The minimum absolute atomic E-state index is 0.0908. The van der Waals surface area contributed by atoms with E-state index >= 15 is 0 Å². The minimum atomic E-state index is -4.16. The van der Waals surface area contributed by atoms with Crippen molar-refractivity contribution in [2.75, 3.05) is 6.54 Å². The summed E-state index contributed by atoms with van der Waals surface area (Å²) >= 11 is 0. The van der Waals surface area contributed by atoms with Crippen molar-refractivity contribution in [1.82, 2.24) is 5.32 Å². The molecule has 0 spiro atoms. The molecule has 1 atom stereocenters. The highest BCUT2D eigenvalue weighted by atomic mass is 19.4. The Bertz CT molecular complexity index is 308. The largest absolute Gasteiger partial charge is 0.403 e. The summed E-state index contributed by atoms with van der Waals surface area (Å²) in [5, 5.41) is 2.55. The predicted octanol–water partition coefficient (Wildman–Crippen LogP) is 3.55. The first kappa shape index (κ1) is 14.0. The molecule has 1 rings (SSSR count). The molecule has 0 saturated carbocycles. The van der Waals surface area contributed by atoms with Crippen LogP contribution in [0.1, 0.15) is 25.3 Å². The third-order valence-corrected chi connectivity index (χ3v) is 2.60. The number of nitrogens with one attached hydrogen (secondary N) is 1. The molecule has 0 fully saturated rings. The molecule has 0 aliphatic rings. The summed E-state index contributed by atoms with van der Waals surface area (Å²) in [5.41, 5.74) is 0.944. The molecular formula is C13H18F3N. The van der Waals surface area contributed by atoms with Crippen molar-refractivity contribution < 1.29 is 13.2 Å². The molecule has 0 aromatic heterocycles. The van der Waals surface area contributed by atoms with Gasteiger partial charge in [0.1, 0.15) is 6.04 Å². The van der Waals surface area contributed by atoms with Crippen molar-refractivity contribution >= 4 is 0 Å². The topological polar surface area (TPSA) is 12.0 Å².